The molecule has 0 unspecified atom stereocenters. The summed E-state index contributed by atoms with van der Waals surface area (Å²) in [7, 11) is 2.05. The van der Waals surface area contributed by atoms with E-state index in [0.717, 1.165) is 29.9 Å². The summed E-state index contributed by atoms with van der Waals surface area (Å²) in [5.74, 6) is 1.23. The van der Waals surface area contributed by atoms with Gasteiger partial charge in [0.25, 0.3) is 0 Å². The highest BCUT2D eigenvalue weighted by atomic mass is 16.3. The van der Waals surface area contributed by atoms with Crippen molar-refractivity contribution in [1.82, 2.24) is 25.5 Å². The average molecular weight is 419 g/mol. The molecule has 1 aliphatic rings. The summed E-state index contributed by atoms with van der Waals surface area (Å²) in [5, 5.41) is 23.0. The minimum absolute atomic E-state index is 0.0443. The van der Waals surface area contributed by atoms with Crippen molar-refractivity contribution in [2.45, 2.75) is 57.7 Å². The zero-order chi connectivity index (χ0) is 22.2. The van der Waals surface area contributed by atoms with Crippen molar-refractivity contribution in [3.63, 3.8) is 0 Å². The highest BCUT2D eigenvalue weighted by molar-refractivity contribution is 5.71. The van der Waals surface area contributed by atoms with E-state index in [1.54, 1.807) is 24.5 Å². The summed E-state index contributed by atoms with van der Waals surface area (Å²) in [4.78, 5) is 11.0. The second-order valence-electron chi connectivity index (χ2n) is 9.65. The second kappa shape index (κ2) is 7.89. The van der Waals surface area contributed by atoms with Crippen LogP contribution >= 0.6 is 0 Å². The van der Waals surface area contributed by atoms with E-state index in [-0.39, 0.29) is 16.8 Å². The zero-order valence-corrected chi connectivity index (χ0v) is 18.8. The number of aromatic hydroxyl groups is 1. The molecule has 1 fully saturated rings. The second-order valence-corrected chi connectivity index (χ2v) is 9.65. The molecular weight excluding hydrogens is 388 g/mol. The lowest BCUT2D eigenvalue weighted by molar-refractivity contribution is 0.160. The molecule has 0 aliphatic carbocycles. The molecule has 0 spiro atoms. The van der Waals surface area contributed by atoms with Gasteiger partial charge >= 0.3 is 0 Å². The van der Waals surface area contributed by atoms with Gasteiger partial charge in [-0.3, -0.25) is 4.98 Å². The molecule has 162 valence electrons. The van der Waals surface area contributed by atoms with Gasteiger partial charge in [-0.15, -0.1) is 10.2 Å². The number of phenols is 1. The number of benzene rings is 1. The van der Waals surface area contributed by atoms with Crippen LogP contribution in [0.25, 0.3) is 22.6 Å². The van der Waals surface area contributed by atoms with E-state index in [1.807, 2.05) is 31.3 Å². The number of aromatic nitrogens is 4. The Morgan fingerprint density at radius 2 is 1.74 bits per heavy atom. The molecule has 1 aromatic carbocycles. The minimum atomic E-state index is 0.0443. The average Bonchev–Trinajstić information content (AvgIpc) is 2.72. The van der Waals surface area contributed by atoms with Crippen molar-refractivity contribution in [2.75, 3.05) is 11.9 Å². The first-order valence-corrected chi connectivity index (χ1v) is 10.6. The summed E-state index contributed by atoms with van der Waals surface area (Å²) in [6.07, 6.45) is 5.47. The van der Waals surface area contributed by atoms with Gasteiger partial charge in [-0.2, -0.15) is 0 Å². The van der Waals surface area contributed by atoms with Crippen molar-refractivity contribution in [3.8, 4) is 28.4 Å². The number of piperidine rings is 1. The van der Waals surface area contributed by atoms with E-state index >= 15 is 0 Å². The van der Waals surface area contributed by atoms with Crippen molar-refractivity contribution < 1.29 is 5.11 Å². The molecule has 2 aromatic heterocycles. The van der Waals surface area contributed by atoms with Gasteiger partial charge in [0.1, 0.15) is 5.75 Å². The molecule has 31 heavy (non-hydrogen) atoms. The molecule has 1 saturated heterocycles. The van der Waals surface area contributed by atoms with Gasteiger partial charge in [0, 0.05) is 35.9 Å². The van der Waals surface area contributed by atoms with Gasteiger partial charge in [-0.25, -0.2) is 4.98 Å². The van der Waals surface area contributed by atoms with E-state index < -0.39 is 0 Å². The number of hydrogen-bond acceptors (Lipinski definition) is 7. The summed E-state index contributed by atoms with van der Waals surface area (Å²) in [6.45, 7) is 8.94. The van der Waals surface area contributed by atoms with E-state index in [0.29, 0.717) is 17.4 Å². The van der Waals surface area contributed by atoms with E-state index in [9.17, 15) is 5.11 Å². The largest absolute Gasteiger partial charge is 0.507 e. The van der Waals surface area contributed by atoms with Gasteiger partial charge in [0.15, 0.2) is 11.6 Å². The van der Waals surface area contributed by atoms with Gasteiger partial charge in [0.05, 0.1) is 17.5 Å². The molecule has 3 aromatic rings. The molecule has 0 atom stereocenters. The molecule has 7 heteroatoms. The number of pyridine rings is 1. The maximum absolute atomic E-state index is 10.6. The Morgan fingerprint density at radius 3 is 2.32 bits per heavy atom. The fourth-order valence-corrected chi connectivity index (χ4v) is 4.70. The molecule has 0 bridgehead atoms. The Bertz CT molecular complexity index is 1030. The van der Waals surface area contributed by atoms with Crippen LogP contribution in [-0.4, -0.2) is 49.4 Å². The van der Waals surface area contributed by atoms with Crippen LogP contribution in [0.3, 0.4) is 0 Å². The van der Waals surface area contributed by atoms with Crippen LogP contribution in [0.15, 0.2) is 48.8 Å². The van der Waals surface area contributed by atoms with Crippen molar-refractivity contribution in [1.29, 1.82) is 0 Å². The summed E-state index contributed by atoms with van der Waals surface area (Å²) in [6, 6.07) is 11.4. The fraction of sp³-hybridized carbons (Fsp3) is 0.417. The Balaban J connectivity index is 1.54. The third-order valence-corrected chi connectivity index (χ3v) is 5.83. The highest BCUT2D eigenvalue weighted by Crippen LogP contribution is 2.33. The molecule has 0 amide bonds. The van der Waals surface area contributed by atoms with Gasteiger partial charge in [0.2, 0.25) is 0 Å². The van der Waals surface area contributed by atoms with E-state index in [1.165, 1.54) is 0 Å². The quantitative estimate of drug-likeness (QED) is 0.661. The predicted molar refractivity (Wildman–Crippen MR) is 123 cm³/mol. The van der Waals surface area contributed by atoms with Crippen LogP contribution in [0, 0.1) is 0 Å². The Labute approximate surface area is 183 Å². The maximum Gasteiger partial charge on any atom is 0.185 e. The monoisotopic (exact) mass is 418 g/mol. The third kappa shape index (κ3) is 4.66. The first kappa shape index (κ1) is 21.2. The Kier molecular flexibility index (Phi) is 5.39. The zero-order valence-electron chi connectivity index (χ0n) is 18.8. The molecule has 3 heterocycles. The highest BCUT2D eigenvalue weighted by Gasteiger charge is 2.39. The van der Waals surface area contributed by atoms with Crippen LogP contribution in [0.1, 0.15) is 40.5 Å². The summed E-state index contributed by atoms with van der Waals surface area (Å²) in [5.41, 5.74) is 2.27. The number of nitrogens with one attached hydrogen (secondary N) is 1. The third-order valence-electron chi connectivity index (χ3n) is 5.83. The number of hydrogen-bond donors (Lipinski definition) is 2. The van der Waals surface area contributed by atoms with Gasteiger partial charge in [-0.1, -0.05) is 12.1 Å². The van der Waals surface area contributed by atoms with Crippen LogP contribution < -0.4 is 10.2 Å². The lowest BCUT2D eigenvalue weighted by Crippen LogP contribution is -2.62. The fourth-order valence-electron chi connectivity index (χ4n) is 4.70. The standard InChI is InChI=1S/C24H30N6O/c1-23(2)13-17(14-24(3,4)29-23)30(5)21-15-26-22(28-27-21)18-10-9-16(12-20(18)31)19-8-6-7-11-25-19/h6-12,15,17,29,31H,13-14H2,1-5H3. The van der Waals surface area contributed by atoms with E-state index in [2.05, 4.69) is 58.1 Å². The summed E-state index contributed by atoms with van der Waals surface area (Å²) < 4.78 is 0. The van der Waals surface area contributed by atoms with Crippen LogP contribution in [0.2, 0.25) is 0 Å². The number of phenolic OH excluding ortho intramolecular Hbond substituents is 1. The van der Waals surface area contributed by atoms with Crippen LogP contribution in [0.5, 0.6) is 5.75 Å². The van der Waals surface area contributed by atoms with Gasteiger partial charge < -0.3 is 15.3 Å². The normalized spacial score (nSPS) is 18.0. The molecule has 4 rings (SSSR count). The number of rotatable bonds is 4. The van der Waals surface area contributed by atoms with Crippen LogP contribution in [0.4, 0.5) is 5.82 Å². The molecule has 0 radical (unpaired) electrons. The first-order valence-electron chi connectivity index (χ1n) is 10.6. The van der Waals surface area contributed by atoms with E-state index in [4.69, 9.17) is 0 Å². The maximum atomic E-state index is 10.6. The van der Waals surface area contributed by atoms with Crippen LogP contribution in [-0.2, 0) is 0 Å². The lowest BCUT2D eigenvalue weighted by Gasteiger charge is -2.49. The number of anilines is 1. The first-order chi connectivity index (χ1) is 14.6. The van der Waals surface area contributed by atoms with Gasteiger partial charge in [-0.05, 0) is 64.8 Å². The summed E-state index contributed by atoms with van der Waals surface area (Å²) >= 11 is 0. The Morgan fingerprint density at radius 1 is 1.00 bits per heavy atom. The lowest BCUT2D eigenvalue weighted by atomic mass is 9.79. The topological polar surface area (TPSA) is 87.1 Å². The molecule has 2 N–H and O–H groups in total. The molecular formula is C24H30N6O. The smallest absolute Gasteiger partial charge is 0.185 e. The van der Waals surface area contributed by atoms with Crippen molar-refractivity contribution >= 4 is 5.82 Å². The molecule has 0 saturated carbocycles. The SMILES string of the molecule is CN(c1cnc(-c2ccc(-c3ccccn3)cc2O)nn1)C1CC(C)(C)NC(C)(C)C1. The molecule has 7 nitrogen and oxygen atoms in total. The molecule has 1 aliphatic heterocycles. The minimum Gasteiger partial charge on any atom is -0.507 e. The predicted octanol–water partition coefficient (Wildman–Crippen LogP) is 4.05. The van der Waals surface area contributed by atoms with Crippen molar-refractivity contribution in [3.05, 3.63) is 48.8 Å². The van der Waals surface area contributed by atoms with Crippen molar-refractivity contribution in [2.24, 2.45) is 0 Å². The number of nitrogens with zero attached hydrogens (tertiary/aromatic N) is 5. The Hall–Kier alpha value is -3.06.